The molecule has 6 aromatic heterocycles. The Morgan fingerprint density at radius 3 is 0.470 bits per heavy atom. The van der Waals surface area contributed by atoms with Crippen LogP contribution in [0.1, 0.15) is 0 Å². The number of aromatic nitrogens is 6. The first kappa shape index (κ1) is 76.8. The molecule has 132 heavy (non-hydrogen) atoms. The summed E-state index contributed by atoms with van der Waals surface area (Å²) in [5.41, 5.74) is 36.2. The van der Waals surface area contributed by atoms with E-state index in [0.717, 1.165) is 28.4 Å². The Bertz CT molecular complexity index is 8900. The first-order chi connectivity index (χ1) is 65.5. The summed E-state index contributed by atoms with van der Waals surface area (Å²) in [6.07, 6.45) is 0. The number of benzene rings is 21. The van der Waals surface area contributed by atoms with E-state index in [0.29, 0.717) is 0 Å². The topological polar surface area (TPSA) is 29.6 Å². The quantitative estimate of drug-likeness (QED) is 0.117. The summed E-state index contributed by atoms with van der Waals surface area (Å²) >= 11 is 0. The van der Waals surface area contributed by atoms with Gasteiger partial charge in [0.05, 0.1) is 66.2 Å². The largest absolute Gasteiger partial charge is 0.309 e. The molecule has 0 aliphatic rings. The minimum atomic E-state index is 1.16. The van der Waals surface area contributed by atoms with E-state index in [4.69, 9.17) is 0 Å². The average Bonchev–Trinajstić information content (AvgIpc) is 1.55. The van der Waals surface area contributed by atoms with Crippen molar-refractivity contribution in [3.63, 3.8) is 0 Å². The number of hydrogen-bond donors (Lipinski definition) is 0. The summed E-state index contributed by atoms with van der Waals surface area (Å²) < 4.78 is 14.5. The van der Waals surface area contributed by atoms with Crippen LogP contribution in [0.2, 0.25) is 0 Å². The molecule has 27 rings (SSSR count). The maximum absolute atomic E-state index is 2.43. The lowest BCUT2D eigenvalue weighted by atomic mass is 10.0. The van der Waals surface area contributed by atoms with Gasteiger partial charge >= 0.3 is 0 Å². The Kier molecular flexibility index (Phi) is 18.8. The van der Waals surface area contributed by atoms with Gasteiger partial charge in [-0.15, -0.1) is 0 Å². The smallest absolute Gasteiger partial charge is 0.0548 e. The minimum absolute atomic E-state index is 1.16. The molecule has 0 bridgehead atoms. The van der Waals surface area contributed by atoms with Gasteiger partial charge in [0, 0.05) is 98.8 Å². The first-order valence-corrected chi connectivity index (χ1v) is 45.4. The number of nitrogens with zero attached hydrogens (tertiary/aromatic N) is 6. The van der Waals surface area contributed by atoms with Crippen molar-refractivity contribution in [3.8, 4) is 101 Å². The number of para-hydroxylation sites is 7. The molecule has 0 radical (unpaired) electrons. The van der Waals surface area contributed by atoms with E-state index < -0.39 is 0 Å². The third-order valence-corrected chi connectivity index (χ3v) is 26.7. The highest BCUT2D eigenvalue weighted by molar-refractivity contribution is 6.32. The molecular formula is C126H84N6. The third kappa shape index (κ3) is 13.0. The van der Waals surface area contributed by atoms with Gasteiger partial charge in [-0.25, -0.2) is 0 Å². The molecule has 6 heteroatoms. The zero-order chi connectivity index (χ0) is 87.1. The Morgan fingerprint density at radius 2 is 0.242 bits per heavy atom. The Morgan fingerprint density at radius 1 is 0.0909 bits per heavy atom. The van der Waals surface area contributed by atoms with Gasteiger partial charge in [0.2, 0.25) is 0 Å². The molecule has 0 N–H and O–H groups in total. The van der Waals surface area contributed by atoms with Crippen molar-refractivity contribution < 1.29 is 0 Å². The zero-order valence-corrected chi connectivity index (χ0v) is 72.2. The van der Waals surface area contributed by atoms with Crippen molar-refractivity contribution >= 4 is 131 Å². The highest BCUT2D eigenvalue weighted by Gasteiger charge is 2.26. The number of rotatable bonds is 12. The van der Waals surface area contributed by atoms with E-state index in [1.165, 1.54) is 203 Å². The van der Waals surface area contributed by atoms with Crippen LogP contribution < -0.4 is 0 Å². The molecule has 0 amide bonds. The van der Waals surface area contributed by atoms with Gasteiger partial charge in [0.15, 0.2) is 0 Å². The van der Waals surface area contributed by atoms with E-state index in [1.807, 2.05) is 0 Å². The normalized spacial score (nSPS) is 11.6. The van der Waals surface area contributed by atoms with Crippen LogP contribution in [0.3, 0.4) is 0 Å². The minimum Gasteiger partial charge on any atom is -0.309 e. The molecule has 6 nitrogen and oxygen atoms in total. The fraction of sp³-hybridized carbons (Fsp3) is 0. The van der Waals surface area contributed by atoms with E-state index >= 15 is 0 Å². The van der Waals surface area contributed by atoms with Crippen LogP contribution in [0.4, 0.5) is 0 Å². The number of fused-ring (bicyclic) bond motifs is 21. The summed E-state index contributed by atoms with van der Waals surface area (Å²) in [6, 6.07) is 184. The first-order valence-electron chi connectivity index (χ1n) is 45.4. The molecule has 0 unspecified atom stereocenters. The van der Waals surface area contributed by atoms with Crippen LogP contribution in [-0.4, -0.2) is 27.4 Å². The molecule has 27 aromatic rings. The molecule has 0 fully saturated rings. The molecule has 0 saturated carbocycles. The van der Waals surface area contributed by atoms with Crippen LogP contribution in [0.15, 0.2) is 510 Å². The SMILES string of the molecule is c1ccc(-c2ccc(-c3ccc(-n4c5ccccc5c5c6c7ccccc7n(-c7ccccc7)c6ccc54)cc3)cc2)cc1.c1ccc(-c2ccc(-n3c4ccccc4c4c5c6ccccc6n(-c6cccc(-c7ccccc7)c6)c5ccc43)cc2)cc1.c1ccc(-c2cccc(-n3c4ccccc4c4c5c6ccccc6n(-c6cccc(-c7ccccc7)c6)c5ccc43)c2)cc1. The molecule has 618 valence electrons. The predicted octanol–water partition coefficient (Wildman–Crippen LogP) is 33.6. The van der Waals surface area contributed by atoms with E-state index in [1.54, 1.807) is 0 Å². The van der Waals surface area contributed by atoms with E-state index in [-0.39, 0.29) is 0 Å². The van der Waals surface area contributed by atoms with Crippen molar-refractivity contribution in [2.75, 3.05) is 0 Å². The van der Waals surface area contributed by atoms with Crippen molar-refractivity contribution in [1.82, 2.24) is 27.4 Å². The van der Waals surface area contributed by atoms with Gasteiger partial charge in [-0.05, 0) is 212 Å². The van der Waals surface area contributed by atoms with Crippen molar-refractivity contribution in [1.29, 1.82) is 0 Å². The van der Waals surface area contributed by atoms with Crippen LogP contribution in [0.25, 0.3) is 232 Å². The highest BCUT2D eigenvalue weighted by Crippen LogP contribution is 2.48. The molecule has 0 atom stereocenters. The lowest BCUT2D eigenvalue weighted by Crippen LogP contribution is -1.95. The molecule has 0 spiro atoms. The molecule has 6 heterocycles. The van der Waals surface area contributed by atoms with E-state index in [2.05, 4.69) is 537 Å². The van der Waals surface area contributed by atoms with Crippen molar-refractivity contribution in [3.05, 3.63) is 510 Å². The van der Waals surface area contributed by atoms with E-state index in [9.17, 15) is 0 Å². The Hall–Kier alpha value is -17.6. The Labute approximate surface area is 763 Å². The fourth-order valence-corrected chi connectivity index (χ4v) is 20.9. The summed E-state index contributed by atoms with van der Waals surface area (Å²) in [7, 11) is 0. The van der Waals surface area contributed by atoms with Crippen molar-refractivity contribution in [2.45, 2.75) is 0 Å². The van der Waals surface area contributed by atoms with Gasteiger partial charge in [-0.2, -0.15) is 0 Å². The second-order valence-electron chi connectivity index (χ2n) is 34.2. The summed E-state index contributed by atoms with van der Waals surface area (Å²) in [4.78, 5) is 0. The van der Waals surface area contributed by atoms with Crippen molar-refractivity contribution in [2.24, 2.45) is 0 Å². The third-order valence-electron chi connectivity index (χ3n) is 26.7. The molecule has 0 aliphatic heterocycles. The second-order valence-corrected chi connectivity index (χ2v) is 34.2. The van der Waals surface area contributed by atoms with Gasteiger partial charge in [0.1, 0.15) is 0 Å². The maximum Gasteiger partial charge on any atom is 0.0548 e. The summed E-state index contributed by atoms with van der Waals surface area (Å²) in [6.45, 7) is 0. The van der Waals surface area contributed by atoms with Crippen LogP contribution >= 0.6 is 0 Å². The monoisotopic (exact) mass is 1680 g/mol. The van der Waals surface area contributed by atoms with Gasteiger partial charge < -0.3 is 27.4 Å². The summed E-state index contributed by atoms with van der Waals surface area (Å²) in [5.74, 6) is 0. The van der Waals surface area contributed by atoms with Crippen LogP contribution in [-0.2, 0) is 0 Å². The lowest BCUT2D eigenvalue weighted by molar-refractivity contribution is 1.17. The van der Waals surface area contributed by atoms with Gasteiger partial charge in [-0.3, -0.25) is 0 Å². The standard InChI is InChI=1S/3C42H28N2/c1-3-13-29(14-4-1)31-17-11-19-33(27-31)43-37-23-9-7-21-35(37)41-39(43)25-26-40-42(41)36-22-8-10-24-38(36)44(40)34-20-12-18-32(28-34)30-15-5-2-6-16-30;1-3-12-29(13-4-1)31-22-24-33(25-23-31)43-37-20-9-7-18-35(37)41-39(43)26-27-40-42(41)36-19-8-10-21-38(36)44(40)34-17-11-16-32(28-34)30-14-5-2-6-15-30;1-3-11-29(12-4-1)30-19-21-31(22-20-30)32-23-25-34(26-24-32)44-38-18-10-8-16-36(38)42-40(44)28-27-39-41(42)35-15-7-9-17-37(35)43(39)33-13-5-2-6-14-33/h3*1-28H. The average molecular weight is 1680 g/mol. The molecular weight excluding hydrogens is 1600 g/mol. The van der Waals surface area contributed by atoms with Crippen LogP contribution in [0, 0.1) is 0 Å². The lowest BCUT2D eigenvalue weighted by Gasteiger charge is -2.11. The predicted molar refractivity (Wildman–Crippen MR) is 558 cm³/mol. The number of hydrogen-bond acceptors (Lipinski definition) is 0. The van der Waals surface area contributed by atoms with Gasteiger partial charge in [-0.1, -0.05) is 364 Å². The maximum atomic E-state index is 2.43. The van der Waals surface area contributed by atoms with Crippen LogP contribution in [0.5, 0.6) is 0 Å². The second kappa shape index (κ2) is 32.4. The molecule has 21 aromatic carbocycles. The van der Waals surface area contributed by atoms with Gasteiger partial charge in [0.25, 0.3) is 0 Å². The highest BCUT2D eigenvalue weighted by atomic mass is 15.0. The molecule has 0 aliphatic carbocycles. The Balaban J connectivity index is 0.000000106. The zero-order valence-electron chi connectivity index (χ0n) is 72.2. The molecule has 0 saturated heterocycles. The summed E-state index contributed by atoms with van der Waals surface area (Å²) in [5, 5.41) is 15.4. The fourth-order valence-electron chi connectivity index (χ4n) is 20.9.